The molecule has 0 spiro atoms. The Kier molecular flexibility index (Phi) is 4.40. The van der Waals surface area contributed by atoms with Gasteiger partial charge >= 0.3 is 5.97 Å². The molecule has 0 saturated heterocycles. The molecule has 1 aliphatic heterocycles. The summed E-state index contributed by atoms with van der Waals surface area (Å²) in [5.41, 5.74) is 1.50. The Morgan fingerprint density at radius 3 is 2.67 bits per heavy atom. The minimum absolute atomic E-state index is 0.0345. The number of fused-ring (bicyclic) bond motifs is 2. The van der Waals surface area contributed by atoms with Crippen molar-refractivity contribution in [3.05, 3.63) is 88.3 Å². The fourth-order valence-electron chi connectivity index (χ4n) is 3.31. The lowest BCUT2D eigenvalue weighted by atomic mass is 10.1. The first kappa shape index (κ1) is 18.3. The van der Waals surface area contributed by atoms with E-state index in [0.717, 1.165) is 15.1 Å². The Morgan fingerprint density at radius 1 is 1.03 bits per heavy atom. The highest BCUT2D eigenvalue weighted by Crippen LogP contribution is 2.27. The zero-order chi connectivity index (χ0) is 20.7. The fourth-order valence-corrected chi connectivity index (χ4v) is 4.19. The molecule has 4 aromatic rings. The van der Waals surface area contributed by atoms with Gasteiger partial charge in [0, 0.05) is 0 Å². The van der Waals surface area contributed by atoms with Crippen molar-refractivity contribution >= 4 is 39.3 Å². The molecule has 148 valence electrons. The predicted molar refractivity (Wildman–Crippen MR) is 108 cm³/mol. The lowest BCUT2D eigenvalue weighted by Gasteiger charge is -2.11. The van der Waals surface area contributed by atoms with Gasteiger partial charge < -0.3 is 9.15 Å². The van der Waals surface area contributed by atoms with Crippen LogP contribution >= 0.6 is 11.3 Å². The summed E-state index contributed by atoms with van der Waals surface area (Å²) in [6, 6.07) is 15.4. The molecular formula is C22H14N2O5S. The minimum atomic E-state index is -0.582. The largest absolute Gasteiger partial charge is 0.467 e. The highest BCUT2D eigenvalue weighted by atomic mass is 32.1. The van der Waals surface area contributed by atoms with Crippen LogP contribution in [-0.2, 0) is 17.9 Å². The number of carbonyl (C=O) groups excluding carboxylic acids is 3. The van der Waals surface area contributed by atoms with E-state index in [9.17, 15) is 14.4 Å². The van der Waals surface area contributed by atoms with Crippen LogP contribution in [0, 0.1) is 0 Å². The first-order valence-electron chi connectivity index (χ1n) is 9.14. The average molecular weight is 418 g/mol. The molecule has 0 aliphatic carbocycles. The summed E-state index contributed by atoms with van der Waals surface area (Å²) in [4.78, 5) is 43.3. The highest BCUT2D eigenvalue weighted by Gasteiger charge is 2.36. The van der Waals surface area contributed by atoms with Crippen molar-refractivity contribution in [2.24, 2.45) is 0 Å². The smallest absolute Gasteiger partial charge is 0.338 e. The van der Waals surface area contributed by atoms with E-state index in [0.29, 0.717) is 10.8 Å². The number of esters is 1. The number of benzene rings is 2. The summed E-state index contributed by atoms with van der Waals surface area (Å²) < 4.78 is 11.6. The first-order chi connectivity index (χ1) is 14.6. The van der Waals surface area contributed by atoms with Crippen molar-refractivity contribution in [3.63, 3.8) is 0 Å². The predicted octanol–water partition coefficient (Wildman–Crippen LogP) is 4.04. The van der Waals surface area contributed by atoms with Crippen LogP contribution in [0.4, 0.5) is 0 Å². The Labute approximate surface area is 174 Å². The van der Waals surface area contributed by atoms with Gasteiger partial charge in [-0.15, -0.1) is 11.3 Å². The molecule has 0 saturated carbocycles. The van der Waals surface area contributed by atoms with Crippen LogP contribution in [-0.4, -0.2) is 27.7 Å². The van der Waals surface area contributed by atoms with Gasteiger partial charge in [-0.25, -0.2) is 9.78 Å². The summed E-state index contributed by atoms with van der Waals surface area (Å²) >= 11 is 1.45. The number of imide groups is 1. The van der Waals surface area contributed by atoms with Gasteiger partial charge in [-0.2, -0.15) is 0 Å². The third-order valence-corrected chi connectivity index (χ3v) is 5.78. The summed E-state index contributed by atoms with van der Waals surface area (Å²) in [6.07, 6.45) is 1.48. The molecular weight excluding hydrogens is 404 g/mol. The maximum absolute atomic E-state index is 12.7. The number of para-hydroxylation sites is 1. The van der Waals surface area contributed by atoms with Gasteiger partial charge in [0.25, 0.3) is 11.8 Å². The maximum Gasteiger partial charge on any atom is 0.338 e. The van der Waals surface area contributed by atoms with Gasteiger partial charge in [0.05, 0.1) is 39.7 Å². The van der Waals surface area contributed by atoms with Gasteiger partial charge in [0.2, 0.25) is 0 Å². The number of rotatable bonds is 5. The average Bonchev–Trinajstić information content (AvgIpc) is 3.48. The normalized spacial score (nSPS) is 13.1. The molecule has 0 atom stereocenters. The van der Waals surface area contributed by atoms with E-state index >= 15 is 0 Å². The summed E-state index contributed by atoms with van der Waals surface area (Å²) in [5, 5.41) is 0.682. The number of amides is 2. The number of thiazole rings is 1. The molecule has 0 radical (unpaired) electrons. The number of aromatic nitrogens is 1. The third-order valence-electron chi connectivity index (χ3n) is 4.77. The van der Waals surface area contributed by atoms with Gasteiger partial charge in [-0.3, -0.25) is 14.5 Å². The fraction of sp³-hybridized carbons (Fsp3) is 0.0909. The second-order valence-electron chi connectivity index (χ2n) is 6.69. The lowest BCUT2D eigenvalue weighted by molar-refractivity contribution is 0.0472. The molecule has 0 fully saturated rings. The molecule has 0 unspecified atom stereocenters. The molecule has 0 bridgehead atoms. The number of hydrogen-bond acceptors (Lipinski definition) is 7. The van der Waals surface area contributed by atoms with E-state index in [1.54, 1.807) is 12.1 Å². The summed E-state index contributed by atoms with van der Waals surface area (Å²) in [7, 11) is 0. The quantitative estimate of drug-likeness (QED) is 0.359. The molecule has 1 aliphatic rings. The maximum atomic E-state index is 12.7. The molecule has 8 heteroatoms. The van der Waals surface area contributed by atoms with Crippen molar-refractivity contribution in [2.45, 2.75) is 13.2 Å². The van der Waals surface area contributed by atoms with E-state index in [4.69, 9.17) is 9.15 Å². The number of furan rings is 1. The number of nitrogens with zero attached hydrogens (tertiary/aromatic N) is 2. The molecule has 3 heterocycles. The molecule has 2 aromatic heterocycles. The van der Waals surface area contributed by atoms with Crippen LogP contribution in [0.2, 0.25) is 0 Å². The number of hydrogen-bond donors (Lipinski definition) is 0. The van der Waals surface area contributed by atoms with E-state index < -0.39 is 17.8 Å². The van der Waals surface area contributed by atoms with Crippen molar-refractivity contribution in [3.8, 4) is 0 Å². The van der Waals surface area contributed by atoms with Gasteiger partial charge in [0.1, 0.15) is 17.4 Å². The number of ether oxygens (including phenoxy) is 1. The Balaban J connectivity index is 1.32. The zero-order valence-corrected chi connectivity index (χ0v) is 16.3. The third kappa shape index (κ3) is 3.17. The topological polar surface area (TPSA) is 89.7 Å². The Bertz CT molecular complexity index is 1260. The van der Waals surface area contributed by atoms with Crippen LogP contribution in [0.3, 0.4) is 0 Å². The van der Waals surface area contributed by atoms with Crippen molar-refractivity contribution < 1.29 is 23.5 Å². The van der Waals surface area contributed by atoms with E-state index in [-0.39, 0.29) is 29.8 Å². The van der Waals surface area contributed by atoms with E-state index in [2.05, 4.69) is 4.98 Å². The SMILES string of the molecule is O=C(OCc1nc2ccccc2s1)c1ccc2c(c1)C(=O)N(Cc1ccco1)C2=O. The van der Waals surface area contributed by atoms with Crippen LogP contribution in [0.15, 0.2) is 65.3 Å². The lowest BCUT2D eigenvalue weighted by Crippen LogP contribution is -2.28. The minimum Gasteiger partial charge on any atom is -0.467 e. The van der Waals surface area contributed by atoms with Gasteiger partial charge in [0.15, 0.2) is 0 Å². The van der Waals surface area contributed by atoms with Crippen LogP contribution in [0.5, 0.6) is 0 Å². The van der Waals surface area contributed by atoms with Crippen LogP contribution in [0.1, 0.15) is 41.8 Å². The van der Waals surface area contributed by atoms with Crippen molar-refractivity contribution in [1.82, 2.24) is 9.88 Å². The Morgan fingerprint density at radius 2 is 1.87 bits per heavy atom. The molecule has 30 heavy (non-hydrogen) atoms. The molecule has 7 nitrogen and oxygen atoms in total. The zero-order valence-electron chi connectivity index (χ0n) is 15.5. The first-order valence-corrected chi connectivity index (χ1v) is 9.96. The summed E-state index contributed by atoms with van der Waals surface area (Å²) in [5.74, 6) is -0.963. The summed E-state index contributed by atoms with van der Waals surface area (Å²) in [6.45, 7) is 0.0729. The number of carbonyl (C=O) groups is 3. The highest BCUT2D eigenvalue weighted by molar-refractivity contribution is 7.18. The second-order valence-corrected chi connectivity index (χ2v) is 7.80. The monoisotopic (exact) mass is 418 g/mol. The van der Waals surface area contributed by atoms with Crippen molar-refractivity contribution in [2.75, 3.05) is 0 Å². The standard InChI is InChI=1S/C22H14N2O5S/c25-20-15-8-7-13(10-16(15)21(26)24(20)11-14-4-3-9-28-14)22(27)29-12-19-23-17-5-1-2-6-18(17)30-19/h1-10H,11-12H2. The Hall–Kier alpha value is -3.78. The van der Waals surface area contributed by atoms with E-state index in [1.807, 2.05) is 24.3 Å². The molecule has 0 N–H and O–H groups in total. The molecule has 2 amide bonds. The molecule has 2 aromatic carbocycles. The van der Waals surface area contributed by atoms with E-state index in [1.165, 1.54) is 35.8 Å². The van der Waals surface area contributed by atoms with Crippen LogP contribution in [0.25, 0.3) is 10.2 Å². The molecule has 5 rings (SSSR count). The van der Waals surface area contributed by atoms with Crippen molar-refractivity contribution in [1.29, 1.82) is 0 Å². The van der Waals surface area contributed by atoms with Gasteiger partial charge in [-0.1, -0.05) is 12.1 Å². The van der Waals surface area contributed by atoms with Crippen LogP contribution < -0.4 is 0 Å². The second kappa shape index (κ2) is 7.23. The van der Waals surface area contributed by atoms with Gasteiger partial charge in [-0.05, 0) is 42.5 Å².